The Morgan fingerprint density at radius 1 is 1.24 bits per heavy atom. The SMILES string of the molecule is CC(NC(=O)c1cccc(S(=O)(=O)NCC2CCCO2)c1)c1ccc(Cl)cc1Cl. The molecule has 0 radical (unpaired) electrons. The third-order valence-electron chi connectivity index (χ3n) is 4.71. The number of ether oxygens (including phenoxy) is 1. The Morgan fingerprint density at radius 2 is 2.03 bits per heavy atom. The summed E-state index contributed by atoms with van der Waals surface area (Å²) in [5, 5.41) is 3.78. The molecule has 1 fully saturated rings. The first-order valence-corrected chi connectivity index (χ1v) is 11.5. The van der Waals surface area contributed by atoms with Crippen molar-refractivity contribution in [1.82, 2.24) is 10.0 Å². The molecule has 3 rings (SSSR count). The van der Waals surface area contributed by atoms with Crippen LogP contribution in [0.4, 0.5) is 0 Å². The zero-order valence-electron chi connectivity index (χ0n) is 15.8. The number of benzene rings is 2. The molecule has 2 N–H and O–H groups in total. The van der Waals surface area contributed by atoms with Crippen LogP contribution in [0.2, 0.25) is 10.0 Å². The summed E-state index contributed by atoms with van der Waals surface area (Å²) in [5.74, 6) is -0.403. The van der Waals surface area contributed by atoms with E-state index in [2.05, 4.69) is 10.0 Å². The van der Waals surface area contributed by atoms with E-state index in [1.807, 2.05) is 0 Å². The number of carbonyl (C=O) groups excluding carboxylic acids is 1. The van der Waals surface area contributed by atoms with E-state index < -0.39 is 15.9 Å². The van der Waals surface area contributed by atoms with Crippen molar-refractivity contribution >= 4 is 39.1 Å². The van der Waals surface area contributed by atoms with E-state index in [1.165, 1.54) is 18.2 Å². The van der Waals surface area contributed by atoms with Gasteiger partial charge in [0.05, 0.1) is 17.0 Å². The number of rotatable bonds is 7. The molecule has 1 saturated heterocycles. The van der Waals surface area contributed by atoms with Gasteiger partial charge < -0.3 is 10.1 Å². The second-order valence-corrected chi connectivity index (χ2v) is 9.49. The van der Waals surface area contributed by atoms with Crippen LogP contribution < -0.4 is 10.0 Å². The Labute approximate surface area is 180 Å². The van der Waals surface area contributed by atoms with Crippen LogP contribution in [0.15, 0.2) is 47.4 Å². The average molecular weight is 457 g/mol. The second kappa shape index (κ2) is 9.45. The zero-order chi connectivity index (χ0) is 21.0. The van der Waals surface area contributed by atoms with Crippen LogP contribution in [-0.4, -0.2) is 33.6 Å². The monoisotopic (exact) mass is 456 g/mol. The molecule has 29 heavy (non-hydrogen) atoms. The largest absolute Gasteiger partial charge is 0.377 e. The summed E-state index contributed by atoms with van der Waals surface area (Å²) in [6.45, 7) is 2.65. The third kappa shape index (κ3) is 5.71. The van der Waals surface area contributed by atoms with E-state index >= 15 is 0 Å². The highest BCUT2D eigenvalue weighted by Gasteiger charge is 2.21. The van der Waals surface area contributed by atoms with E-state index in [9.17, 15) is 13.2 Å². The van der Waals surface area contributed by atoms with Crippen LogP contribution in [0.3, 0.4) is 0 Å². The van der Waals surface area contributed by atoms with Crippen molar-refractivity contribution in [3.05, 3.63) is 63.6 Å². The first-order chi connectivity index (χ1) is 13.8. The average Bonchev–Trinajstić information content (AvgIpc) is 3.20. The molecule has 1 aliphatic rings. The molecule has 0 aliphatic carbocycles. The lowest BCUT2D eigenvalue weighted by Crippen LogP contribution is -2.32. The van der Waals surface area contributed by atoms with Gasteiger partial charge in [-0.25, -0.2) is 13.1 Å². The van der Waals surface area contributed by atoms with Gasteiger partial charge in [-0.3, -0.25) is 4.79 Å². The van der Waals surface area contributed by atoms with E-state index in [1.54, 1.807) is 31.2 Å². The van der Waals surface area contributed by atoms with Crippen LogP contribution in [0.25, 0.3) is 0 Å². The molecular formula is C20H22Cl2N2O4S. The van der Waals surface area contributed by atoms with Gasteiger partial charge in [0.2, 0.25) is 10.0 Å². The number of nitrogens with one attached hydrogen (secondary N) is 2. The number of halogens is 2. The fourth-order valence-electron chi connectivity index (χ4n) is 3.11. The summed E-state index contributed by atoms with van der Waals surface area (Å²) in [7, 11) is -3.74. The maximum Gasteiger partial charge on any atom is 0.251 e. The fraction of sp³-hybridized carbons (Fsp3) is 0.350. The highest BCUT2D eigenvalue weighted by Crippen LogP contribution is 2.26. The van der Waals surface area contributed by atoms with Crippen molar-refractivity contribution < 1.29 is 17.9 Å². The Morgan fingerprint density at radius 3 is 2.72 bits per heavy atom. The van der Waals surface area contributed by atoms with Crippen LogP contribution in [0, 0.1) is 0 Å². The first-order valence-electron chi connectivity index (χ1n) is 9.23. The zero-order valence-corrected chi connectivity index (χ0v) is 18.2. The number of hydrogen-bond donors (Lipinski definition) is 2. The summed E-state index contributed by atoms with van der Waals surface area (Å²) in [6.07, 6.45) is 1.65. The van der Waals surface area contributed by atoms with Crippen LogP contribution in [0.1, 0.15) is 41.7 Å². The minimum atomic E-state index is -3.74. The predicted octanol–water partition coefficient (Wildman–Crippen LogP) is 3.94. The summed E-state index contributed by atoms with van der Waals surface area (Å²) in [6, 6.07) is 10.6. The molecule has 0 saturated carbocycles. The summed E-state index contributed by atoms with van der Waals surface area (Å²) >= 11 is 12.1. The van der Waals surface area contributed by atoms with Gasteiger partial charge in [-0.2, -0.15) is 0 Å². The Bertz CT molecular complexity index is 992. The van der Waals surface area contributed by atoms with Gasteiger partial charge in [0.1, 0.15) is 0 Å². The van der Waals surface area contributed by atoms with Crippen molar-refractivity contribution in [2.24, 2.45) is 0 Å². The summed E-state index contributed by atoms with van der Waals surface area (Å²) in [4.78, 5) is 12.7. The van der Waals surface area contributed by atoms with Gasteiger partial charge in [0.25, 0.3) is 5.91 Å². The maximum atomic E-state index is 12.6. The highest BCUT2D eigenvalue weighted by molar-refractivity contribution is 7.89. The molecule has 2 aromatic carbocycles. The Balaban J connectivity index is 1.69. The van der Waals surface area contributed by atoms with Crippen molar-refractivity contribution in [2.45, 2.75) is 36.8 Å². The van der Waals surface area contributed by atoms with Gasteiger partial charge in [-0.1, -0.05) is 35.3 Å². The lowest BCUT2D eigenvalue weighted by atomic mass is 10.1. The molecular weight excluding hydrogens is 435 g/mol. The van der Waals surface area contributed by atoms with Crippen molar-refractivity contribution in [3.8, 4) is 0 Å². The first kappa shape index (κ1) is 22.1. The maximum absolute atomic E-state index is 12.6. The molecule has 0 aromatic heterocycles. The molecule has 2 atom stereocenters. The molecule has 1 amide bonds. The molecule has 156 valence electrons. The number of amides is 1. The van der Waals surface area contributed by atoms with Crippen LogP contribution in [0.5, 0.6) is 0 Å². The van der Waals surface area contributed by atoms with Gasteiger partial charge in [-0.05, 0) is 55.7 Å². The summed E-state index contributed by atoms with van der Waals surface area (Å²) in [5.41, 5.74) is 0.952. The molecule has 1 aliphatic heterocycles. The number of hydrogen-bond acceptors (Lipinski definition) is 4. The minimum Gasteiger partial charge on any atom is -0.377 e. The van der Waals surface area contributed by atoms with Gasteiger partial charge >= 0.3 is 0 Å². The molecule has 2 unspecified atom stereocenters. The van der Waals surface area contributed by atoms with Gasteiger partial charge in [0.15, 0.2) is 0 Å². The van der Waals surface area contributed by atoms with Gasteiger partial charge in [0, 0.05) is 28.8 Å². The van der Waals surface area contributed by atoms with Crippen LogP contribution in [-0.2, 0) is 14.8 Å². The lowest BCUT2D eigenvalue weighted by Gasteiger charge is -2.16. The Hall–Kier alpha value is -1.64. The van der Waals surface area contributed by atoms with E-state index in [0.717, 1.165) is 12.8 Å². The normalized spacial score (nSPS) is 17.8. The molecule has 6 nitrogen and oxygen atoms in total. The third-order valence-corrected chi connectivity index (χ3v) is 6.69. The predicted molar refractivity (Wildman–Crippen MR) is 113 cm³/mol. The quantitative estimate of drug-likeness (QED) is 0.660. The molecule has 0 spiro atoms. The Kier molecular flexibility index (Phi) is 7.19. The minimum absolute atomic E-state index is 0.0281. The molecule has 0 bridgehead atoms. The lowest BCUT2D eigenvalue weighted by molar-refractivity contribution is 0.0939. The fourth-order valence-corrected chi connectivity index (χ4v) is 4.79. The highest BCUT2D eigenvalue weighted by atomic mass is 35.5. The number of carbonyl (C=O) groups is 1. The van der Waals surface area contributed by atoms with Crippen molar-refractivity contribution in [3.63, 3.8) is 0 Å². The molecule has 1 heterocycles. The van der Waals surface area contributed by atoms with Crippen LogP contribution >= 0.6 is 23.2 Å². The topological polar surface area (TPSA) is 84.5 Å². The molecule has 9 heteroatoms. The number of sulfonamides is 1. The van der Waals surface area contributed by atoms with Crippen molar-refractivity contribution in [2.75, 3.05) is 13.2 Å². The smallest absolute Gasteiger partial charge is 0.251 e. The summed E-state index contributed by atoms with van der Waals surface area (Å²) < 4.78 is 33.1. The van der Waals surface area contributed by atoms with E-state index in [4.69, 9.17) is 27.9 Å². The van der Waals surface area contributed by atoms with Gasteiger partial charge in [-0.15, -0.1) is 0 Å². The molecule has 2 aromatic rings. The van der Waals surface area contributed by atoms with E-state index in [-0.39, 0.29) is 29.1 Å². The van der Waals surface area contributed by atoms with E-state index in [0.29, 0.717) is 22.2 Å². The standard InChI is InChI=1S/C20H22Cl2N2O4S/c1-13(18-8-7-15(21)11-19(18)22)24-20(25)14-4-2-6-17(10-14)29(26,27)23-12-16-5-3-9-28-16/h2,4,6-8,10-11,13,16,23H,3,5,9,12H2,1H3,(H,24,25). The second-order valence-electron chi connectivity index (χ2n) is 6.88. The van der Waals surface area contributed by atoms with Crippen molar-refractivity contribution in [1.29, 1.82) is 0 Å².